The van der Waals surface area contributed by atoms with Crippen molar-refractivity contribution >= 4 is 39.5 Å². The molecule has 0 aliphatic rings. The Morgan fingerprint density at radius 2 is 2.08 bits per heavy atom. The quantitative estimate of drug-likeness (QED) is 0.639. The molecule has 0 spiro atoms. The van der Waals surface area contributed by atoms with E-state index in [0.29, 0.717) is 5.59 Å². The minimum atomic E-state index is -1.45. The van der Waals surface area contributed by atoms with Gasteiger partial charge in [-0.1, -0.05) is 12.1 Å². The summed E-state index contributed by atoms with van der Waals surface area (Å²) >= 11 is 3.36. The van der Waals surface area contributed by atoms with Crippen molar-refractivity contribution in [2.75, 3.05) is 0 Å². The Morgan fingerprint density at radius 1 is 1.31 bits per heavy atom. The molecule has 3 nitrogen and oxygen atoms in total. The van der Waals surface area contributed by atoms with Crippen molar-refractivity contribution in [1.29, 1.82) is 0 Å². The Morgan fingerprint density at radius 3 is 2.69 bits per heavy atom. The molecule has 5 heteroatoms. The van der Waals surface area contributed by atoms with Crippen LogP contribution in [0.3, 0.4) is 0 Å². The van der Waals surface area contributed by atoms with E-state index in [0.717, 1.165) is 15.4 Å². The van der Waals surface area contributed by atoms with E-state index in [2.05, 4.69) is 20.9 Å². The molecule has 13 heavy (non-hydrogen) atoms. The molecule has 0 atom stereocenters. The number of hydrogen-bond acceptors (Lipinski definition) is 2. The molecule has 0 bridgehead atoms. The number of rotatable bonds is 1. The molecule has 1 aromatic heterocycles. The van der Waals surface area contributed by atoms with Crippen LogP contribution in [0.25, 0.3) is 10.9 Å². The maximum Gasteiger partial charge on any atom is 0.505 e. The van der Waals surface area contributed by atoms with E-state index in [4.69, 9.17) is 10.0 Å². The van der Waals surface area contributed by atoms with E-state index in [1.54, 1.807) is 6.07 Å². The van der Waals surface area contributed by atoms with Crippen LogP contribution >= 0.6 is 15.9 Å². The molecule has 0 aliphatic carbocycles. The molecule has 2 rings (SSSR count). The highest BCUT2D eigenvalue weighted by molar-refractivity contribution is 9.10. The third-order valence-corrected chi connectivity index (χ3v) is 2.57. The number of nitrogens with one attached hydrogen (secondary N) is 1. The summed E-state index contributed by atoms with van der Waals surface area (Å²) in [5.41, 5.74) is 1.28. The molecule has 0 saturated carbocycles. The lowest BCUT2D eigenvalue weighted by molar-refractivity contribution is 0.424. The highest BCUT2D eigenvalue weighted by Crippen LogP contribution is 2.20. The van der Waals surface area contributed by atoms with Crippen molar-refractivity contribution in [1.82, 2.24) is 4.98 Å². The highest BCUT2D eigenvalue weighted by atomic mass is 79.9. The maximum atomic E-state index is 8.92. The largest absolute Gasteiger partial charge is 0.505 e. The first-order chi connectivity index (χ1) is 6.18. The summed E-state index contributed by atoms with van der Waals surface area (Å²) in [4.78, 5) is 2.92. The standard InChI is InChI=1S/C8H7BBrNO2/c10-6-3-1-2-5-4-7(9(12)13)11-8(5)6/h1-4,11-13H. The van der Waals surface area contributed by atoms with Gasteiger partial charge in [0, 0.05) is 15.5 Å². The first-order valence-corrected chi connectivity index (χ1v) is 4.61. The number of aromatic nitrogens is 1. The monoisotopic (exact) mass is 239 g/mol. The minimum absolute atomic E-state index is 0.405. The smallest absolute Gasteiger partial charge is 0.422 e. The number of para-hydroxylation sites is 1. The van der Waals surface area contributed by atoms with Crippen molar-refractivity contribution < 1.29 is 10.0 Å². The predicted molar refractivity (Wildman–Crippen MR) is 55.8 cm³/mol. The normalized spacial score (nSPS) is 10.7. The molecule has 0 radical (unpaired) electrons. The molecule has 1 aromatic carbocycles. The van der Waals surface area contributed by atoms with Crippen molar-refractivity contribution in [3.63, 3.8) is 0 Å². The van der Waals surface area contributed by atoms with Crippen molar-refractivity contribution in [3.8, 4) is 0 Å². The zero-order chi connectivity index (χ0) is 9.42. The summed E-state index contributed by atoms with van der Waals surface area (Å²) in [6.45, 7) is 0. The summed E-state index contributed by atoms with van der Waals surface area (Å²) in [6.07, 6.45) is 0. The fraction of sp³-hybridized carbons (Fsp3) is 0. The predicted octanol–water partition coefficient (Wildman–Crippen LogP) is 0.610. The van der Waals surface area contributed by atoms with E-state index in [9.17, 15) is 0 Å². The van der Waals surface area contributed by atoms with Gasteiger partial charge in [-0.15, -0.1) is 0 Å². The number of fused-ring (bicyclic) bond motifs is 1. The average molecular weight is 240 g/mol. The Bertz CT molecular complexity index is 441. The maximum absolute atomic E-state index is 8.92. The molecule has 3 N–H and O–H groups in total. The zero-order valence-corrected chi connectivity index (χ0v) is 8.25. The molecular weight excluding hydrogens is 233 g/mol. The molecule has 2 aromatic rings. The van der Waals surface area contributed by atoms with Gasteiger partial charge in [0.25, 0.3) is 0 Å². The highest BCUT2D eigenvalue weighted by Gasteiger charge is 2.14. The number of H-pyrrole nitrogens is 1. The van der Waals surface area contributed by atoms with Crippen LogP contribution in [0.15, 0.2) is 28.7 Å². The van der Waals surface area contributed by atoms with Gasteiger partial charge in [-0.25, -0.2) is 0 Å². The van der Waals surface area contributed by atoms with E-state index in [1.165, 1.54) is 0 Å². The van der Waals surface area contributed by atoms with Gasteiger partial charge in [-0.3, -0.25) is 0 Å². The van der Waals surface area contributed by atoms with Gasteiger partial charge >= 0.3 is 7.12 Å². The van der Waals surface area contributed by atoms with Crippen molar-refractivity contribution in [3.05, 3.63) is 28.7 Å². The first-order valence-electron chi connectivity index (χ1n) is 3.82. The second-order valence-corrected chi connectivity index (χ2v) is 3.66. The number of hydrogen-bond donors (Lipinski definition) is 3. The lowest BCUT2D eigenvalue weighted by Crippen LogP contribution is -2.30. The van der Waals surface area contributed by atoms with Crippen molar-refractivity contribution in [2.45, 2.75) is 0 Å². The average Bonchev–Trinajstić information content (AvgIpc) is 2.49. The van der Waals surface area contributed by atoms with Crippen LogP contribution in [0.1, 0.15) is 0 Å². The summed E-state index contributed by atoms with van der Waals surface area (Å²) < 4.78 is 0.914. The number of benzene rings is 1. The minimum Gasteiger partial charge on any atom is -0.422 e. The fourth-order valence-corrected chi connectivity index (χ4v) is 1.76. The molecule has 0 amide bonds. The van der Waals surface area contributed by atoms with Crippen LogP contribution in [0.2, 0.25) is 0 Å². The SMILES string of the molecule is OB(O)c1cc2cccc(Br)c2[nH]1. The van der Waals surface area contributed by atoms with E-state index in [-0.39, 0.29) is 0 Å². The van der Waals surface area contributed by atoms with Crippen LogP contribution in [-0.2, 0) is 0 Å². The second kappa shape index (κ2) is 3.18. The first kappa shape index (κ1) is 8.81. The van der Waals surface area contributed by atoms with E-state index >= 15 is 0 Å². The Kier molecular flexibility index (Phi) is 2.15. The Labute approximate surface area is 83.7 Å². The van der Waals surface area contributed by atoms with Crippen LogP contribution in [0, 0.1) is 0 Å². The number of halogens is 1. The zero-order valence-electron chi connectivity index (χ0n) is 6.66. The van der Waals surface area contributed by atoms with Gasteiger partial charge in [0.15, 0.2) is 0 Å². The van der Waals surface area contributed by atoms with Crippen molar-refractivity contribution in [2.24, 2.45) is 0 Å². The van der Waals surface area contributed by atoms with E-state index < -0.39 is 7.12 Å². The molecule has 0 unspecified atom stereocenters. The third-order valence-electron chi connectivity index (χ3n) is 1.90. The van der Waals surface area contributed by atoms with Crippen LogP contribution in [0.4, 0.5) is 0 Å². The lowest BCUT2D eigenvalue weighted by atomic mass is 9.87. The van der Waals surface area contributed by atoms with Crippen LogP contribution < -0.4 is 5.59 Å². The Hall–Kier alpha value is -0.775. The molecule has 66 valence electrons. The molecule has 0 aliphatic heterocycles. The van der Waals surface area contributed by atoms with Gasteiger partial charge in [-0.2, -0.15) is 0 Å². The lowest BCUT2D eigenvalue weighted by Gasteiger charge is -1.92. The van der Waals surface area contributed by atoms with Gasteiger partial charge < -0.3 is 15.0 Å². The van der Waals surface area contributed by atoms with Gasteiger partial charge in [-0.05, 0) is 28.1 Å². The molecular formula is C8H7BBrNO2. The third kappa shape index (κ3) is 1.50. The van der Waals surface area contributed by atoms with E-state index in [1.807, 2.05) is 18.2 Å². The summed E-state index contributed by atoms with van der Waals surface area (Å²) in [6, 6.07) is 7.41. The topological polar surface area (TPSA) is 56.2 Å². The Balaban J connectivity index is 2.68. The van der Waals surface area contributed by atoms with Crippen LogP contribution in [-0.4, -0.2) is 22.2 Å². The molecule has 0 saturated heterocycles. The van der Waals surface area contributed by atoms with Gasteiger partial charge in [0.05, 0.1) is 5.52 Å². The fourth-order valence-electron chi connectivity index (χ4n) is 1.28. The van der Waals surface area contributed by atoms with Gasteiger partial charge in [0.1, 0.15) is 0 Å². The van der Waals surface area contributed by atoms with Gasteiger partial charge in [0.2, 0.25) is 0 Å². The number of aromatic amines is 1. The van der Waals surface area contributed by atoms with Crippen LogP contribution in [0.5, 0.6) is 0 Å². The molecule has 1 heterocycles. The second-order valence-electron chi connectivity index (χ2n) is 2.80. The summed E-state index contributed by atoms with van der Waals surface area (Å²) in [5.74, 6) is 0. The molecule has 0 fully saturated rings. The summed E-state index contributed by atoms with van der Waals surface area (Å²) in [5, 5.41) is 18.8. The summed E-state index contributed by atoms with van der Waals surface area (Å²) in [7, 11) is -1.45.